The molecule has 0 saturated carbocycles. The monoisotopic (exact) mass is 356 g/mol. The van der Waals surface area contributed by atoms with Crippen molar-refractivity contribution in [1.29, 1.82) is 0 Å². The molecule has 0 saturated heterocycles. The van der Waals surface area contributed by atoms with E-state index in [0.29, 0.717) is 19.4 Å². The fraction of sp³-hybridized carbons (Fsp3) is 0.333. The number of hydrogen-bond donors (Lipinski definition) is 1. The summed E-state index contributed by atoms with van der Waals surface area (Å²) in [7, 11) is 1.57. The molecule has 0 heterocycles. The summed E-state index contributed by atoms with van der Waals surface area (Å²) < 4.78 is 13.1. The van der Waals surface area contributed by atoms with E-state index in [4.69, 9.17) is 0 Å². The van der Waals surface area contributed by atoms with Crippen molar-refractivity contribution in [2.24, 2.45) is 0 Å². The molecule has 2 amide bonds. The van der Waals surface area contributed by atoms with Crippen LogP contribution in [-0.2, 0) is 22.4 Å². The Bertz CT molecular complexity index is 717. The molecular weight excluding hydrogens is 331 g/mol. The van der Waals surface area contributed by atoms with Gasteiger partial charge in [0, 0.05) is 13.6 Å². The quantitative estimate of drug-likeness (QED) is 0.791. The average molecular weight is 356 g/mol. The fourth-order valence-corrected chi connectivity index (χ4v) is 2.94. The van der Waals surface area contributed by atoms with Crippen molar-refractivity contribution >= 4 is 11.8 Å². The van der Waals surface area contributed by atoms with Gasteiger partial charge in [0.2, 0.25) is 11.8 Å². The Hall–Kier alpha value is -2.69. The van der Waals surface area contributed by atoms with Gasteiger partial charge in [0.1, 0.15) is 11.9 Å². The van der Waals surface area contributed by atoms with Gasteiger partial charge in [0.25, 0.3) is 0 Å². The van der Waals surface area contributed by atoms with Crippen molar-refractivity contribution < 1.29 is 14.0 Å². The van der Waals surface area contributed by atoms with Gasteiger partial charge in [0.05, 0.1) is 6.42 Å². The molecule has 0 aromatic heterocycles. The third-order valence-electron chi connectivity index (χ3n) is 4.39. The SMILES string of the molecule is CCC(C(=O)NC)N(CCc1ccccc1)C(=O)Cc1ccc(F)cc1. The molecule has 1 atom stereocenters. The zero-order valence-corrected chi connectivity index (χ0v) is 15.2. The Morgan fingerprint density at radius 2 is 1.69 bits per heavy atom. The van der Waals surface area contributed by atoms with E-state index in [0.717, 1.165) is 11.1 Å². The number of hydrogen-bond acceptors (Lipinski definition) is 2. The van der Waals surface area contributed by atoms with Crippen molar-refractivity contribution in [3.8, 4) is 0 Å². The number of amides is 2. The highest BCUT2D eigenvalue weighted by Crippen LogP contribution is 2.12. The second-order valence-electron chi connectivity index (χ2n) is 6.16. The van der Waals surface area contributed by atoms with E-state index < -0.39 is 6.04 Å². The maximum atomic E-state index is 13.1. The summed E-state index contributed by atoms with van der Waals surface area (Å²) >= 11 is 0. The van der Waals surface area contributed by atoms with Crippen molar-refractivity contribution in [1.82, 2.24) is 10.2 Å². The molecule has 4 nitrogen and oxygen atoms in total. The molecule has 0 aliphatic rings. The molecule has 0 spiro atoms. The van der Waals surface area contributed by atoms with Crippen molar-refractivity contribution in [3.63, 3.8) is 0 Å². The number of benzene rings is 2. The average Bonchev–Trinajstić information content (AvgIpc) is 2.67. The molecule has 0 bridgehead atoms. The van der Waals surface area contributed by atoms with Crippen LogP contribution in [-0.4, -0.2) is 36.3 Å². The number of carbonyl (C=O) groups is 2. The normalized spacial score (nSPS) is 11.7. The van der Waals surface area contributed by atoms with Gasteiger partial charge in [-0.25, -0.2) is 4.39 Å². The maximum absolute atomic E-state index is 13.1. The Kier molecular flexibility index (Phi) is 7.33. The lowest BCUT2D eigenvalue weighted by molar-refractivity contribution is -0.140. The maximum Gasteiger partial charge on any atom is 0.242 e. The van der Waals surface area contributed by atoms with E-state index in [1.54, 1.807) is 24.1 Å². The number of rotatable bonds is 8. The molecule has 2 aromatic rings. The van der Waals surface area contributed by atoms with Crippen LogP contribution in [0.2, 0.25) is 0 Å². The zero-order chi connectivity index (χ0) is 18.9. The Morgan fingerprint density at radius 1 is 1.04 bits per heavy atom. The molecule has 0 aliphatic carbocycles. The van der Waals surface area contributed by atoms with Crippen LogP contribution in [0, 0.1) is 5.82 Å². The molecular formula is C21H25FN2O2. The highest BCUT2D eigenvalue weighted by Gasteiger charge is 2.27. The predicted molar refractivity (Wildman–Crippen MR) is 100 cm³/mol. The molecule has 26 heavy (non-hydrogen) atoms. The largest absolute Gasteiger partial charge is 0.357 e. The van der Waals surface area contributed by atoms with Gasteiger partial charge in [-0.1, -0.05) is 49.4 Å². The minimum absolute atomic E-state index is 0.136. The van der Waals surface area contributed by atoms with Crippen molar-refractivity contribution in [3.05, 3.63) is 71.5 Å². The molecule has 0 fully saturated rings. The van der Waals surface area contributed by atoms with Gasteiger partial charge in [-0.15, -0.1) is 0 Å². The zero-order valence-electron chi connectivity index (χ0n) is 15.2. The van der Waals surface area contributed by atoms with Crippen LogP contribution in [0.5, 0.6) is 0 Å². The molecule has 2 rings (SSSR count). The Morgan fingerprint density at radius 3 is 2.27 bits per heavy atom. The fourth-order valence-electron chi connectivity index (χ4n) is 2.94. The van der Waals surface area contributed by atoms with Crippen LogP contribution >= 0.6 is 0 Å². The number of likely N-dealkylation sites (N-methyl/N-ethyl adjacent to an activating group) is 1. The molecule has 1 N–H and O–H groups in total. The molecule has 2 aromatic carbocycles. The van der Waals surface area contributed by atoms with Crippen LogP contribution in [0.4, 0.5) is 4.39 Å². The van der Waals surface area contributed by atoms with Gasteiger partial charge >= 0.3 is 0 Å². The summed E-state index contributed by atoms with van der Waals surface area (Å²) in [5, 5.41) is 2.64. The Labute approximate surface area is 154 Å². The van der Waals surface area contributed by atoms with Gasteiger partial charge in [-0.3, -0.25) is 9.59 Å². The summed E-state index contributed by atoms with van der Waals surface area (Å²) in [5.41, 5.74) is 1.84. The molecule has 1 unspecified atom stereocenters. The summed E-state index contributed by atoms with van der Waals surface area (Å²) in [6, 6.07) is 15.2. The van der Waals surface area contributed by atoms with Crippen LogP contribution in [0.25, 0.3) is 0 Å². The van der Waals surface area contributed by atoms with Gasteiger partial charge in [0.15, 0.2) is 0 Å². The number of nitrogens with zero attached hydrogens (tertiary/aromatic N) is 1. The third kappa shape index (κ3) is 5.41. The van der Waals surface area contributed by atoms with Crippen molar-refractivity contribution in [2.45, 2.75) is 32.2 Å². The third-order valence-corrected chi connectivity index (χ3v) is 4.39. The first-order chi connectivity index (χ1) is 12.5. The molecule has 138 valence electrons. The second-order valence-corrected chi connectivity index (χ2v) is 6.16. The van der Waals surface area contributed by atoms with E-state index in [2.05, 4.69) is 5.32 Å². The van der Waals surface area contributed by atoms with Gasteiger partial charge < -0.3 is 10.2 Å². The second kappa shape index (κ2) is 9.70. The highest BCUT2D eigenvalue weighted by molar-refractivity contribution is 5.88. The molecule has 0 radical (unpaired) electrons. The van der Waals surface area contributed by atoms with Crippen LogP contribution in [0.3, 0.4) is 0 Å². The van der Waals surface area contributed by atoms with Crippen LogP contribution in [0.15, 0.2) is 54.6 Å². The highest BCUT2D eigenvalue weighted by atomic mass is 19.1. The van der Waals surface area contributed by atoms with E-state index >= 15 is 0 Å². The number of nitrogens with one attached hydrogen (secondary N) is 1. The molecule has 0 aliphatic heterocycles. The minimum Gasteiger partial charge on any atom is -0.357 e. The summed E-state index contributed by atoms with van der Waals surface area (Å²) in [5.74, 6) is -0.644. The first-order valence-electron chi connectivity index (χ1n) is 8.84. The standard InChI is InChI=1S/C21H25FN2O2/c1-3-19(21(26)23-2)24(14-13-16-7-5-4-6-8-16)20(25)15-17-9-11-18(22)12-10-17/h4-12,19H,3,13-15H2,1-2H3,(H,23,26). The smallest absolute Gasteiger partial charge is 0.242 e. The first-order valence-corrected chi connectivity index (χ1v) is 8.84. The van der Waals surface area contributed by atoms with E-state index in [1.165, 1.54) is 12.1 Å². The van der Waals surface area contributed by atoms with Gasteiger partial charge in [-0.2, -0.15) is 0 Å². The Balaban J connectivity index is 2.16. The lowest BCUT2D eigenvalue weighted by Crippen LogP contribution is -2.49. The number of halogens is 1. The lowest BCUT2D eigenvalue weighted by Gasteiger charge is -2.30. The van der Waals surface area contributed by atoms with Gasteiger partial charge in [-0.05, 0) is 36.1 Å². The van der Waals surface area contributed by atoms with Crippen LogP contribution < -0.4 is 5.32 Å². The number of carbonyl (C=O) groups excluding carboxylic acids is 2. The van der Waals surface area contributed by atoms with E-state index in [9.17, 15) is 14.0 Å². The summed E-state index contributed by atoms with van der Waals surface area (Å²) in [6.07, 6.45) is 1.34. The van der Waals surface area contributed by atoms with Crippen molar-refractivity contribution in [2.75, 3.05) is 13.6 Å². The first kappa shape index (κ1) is 19.6. The predicted octanol–water partition coefficient (Wildman–Crippen LogP) is 2.96. The summed E-state index contributed by atoms with van der Waals surface area (Å²) in [4.78, 5) is 26.8. The topological polar surface area (TPSA) is 49.4 Å². The molecule has 5 heteroatoms. The van der Waals surface area contributed by atoms with Crippen LogP contribution in [0.1, 0.15) is 24.5 Å². The minimum atomic E-state index is -0.517. The summed E-state index contributed by atoms with van der Waals surface area (Å²) in [6.45, 7) is 2.34. The van der Waals surface area contributed by atoms with E-state index in [1.807, 2.05) is 37.3 Å². The van der Waals surface area contributed by atoms with E-state index in [-0.39, 0.29) is 24.1 Å². The lowest BCUT2D eigenvalue weighted by atomic mass is 10.1.